The fourth-order valence-electron chi connectivity index (χ4n) is 1.90. The lowest BCUT2D eigenvalue weighted by molar-refractivity contribution is -0.123. The van der Waals surface area contributed by atoms with Crippen LogP contribution in [-0.4, -0.2) is 30.8 Å². The monoisotopic (exact) mass is 357 g/mol. The lowest BCUT2D eigenvalue weighted by Crippen LogP contribution is -2.36. The van der Waals surface area contributed by atoms with Crippen LogP contribution in [0.2, 0.25) is 0 Å². The number of aryl methyl sites for hydroxylation is 1. The van der Waals surface area contributed by atoms with Crippen LogP contribution >= 0.6 is 15.9 Å². The molecule has 4 nitrogen and oxygen atoms in total. The van der Waals surface area contributed by atoms with Crippen molar-refractivity contribution in [1.29, 1.82) is 0 Å². The minimum atomic E-state index is -0.139. The van der Waals surface area contributed by atoms with E-state index in [4.69, 9.17) is 9.84 Å². The number of ether oxygens (including phenoxy) is 1. The third kappa shape index (κ3) is 6.96. The molecule has 0 aliphatic rings. The summed E-state index contributed by atoms with van der Waals surface area (Å²) in [6.45, 7) is 6.89. The van der Waals surface area contributed by atoms with E-state index in [1.807, 2.05) is 25.1 Å². The van der Waals surface area contributed by atoms with Gasteiger partial charge in [0.1, 0.15) is 5.75 Å². The molecule has 0 aliphatic heterocycles. The maximum Gasteiger partial charge on any atom is 0.257 e. The zero-order valence-corrected chi connectivity index (χ0v) is 14.5. The van der Waals surface area contributed by atoms with Crippen molar-refractivity contribution in [1.82, 2.24) is 5.32 Å². The van der Waals surface area contributed by atoms with E-state index >= 15 is 0 Å². The highest BCUT2D eigenvalue weighted by molar-refractivity contribution is 9.10. The molecule has 0 radical (unpaired) electrons. The fourth-order valence-corrected chi connectivity index (χ4v) is 2.51. The Morgan fingerprint density at radius 1 is 1.43 bits per heavy atom. The Bertz CT molecular complexity index is 475. The van der Waals surface area contributed by atoms with Crippen LogP contribution in [0.5, 0.6) is 5.75 Å². The van der Waals surface area contributed by atoms with Gasteiger partial charge >= 0.3 is 0 Å². The molecule has 0 heterocycles. The Morgan fingerprint density at radius 2 is 2.14 bits per heavy atom. The third-order valence-corrected chi connectivity index (χ3v) is 3.84. The summed E-state index contributed by atoms with van der Waals surface area (Å²) in [6.07, 6.45) is 1.61. The Morgan fingerprint density at radius 3 is 2.76 bits per heavy atom. The predicted octanol–water partition coefficient (Wildman–Crippen LogP) is 3.05. The molecule has 0 saturated heterocycles. The van der Waals surface area contributed by atoms with E-state index < -0.39 is 0 Å². The Kier molecular flexibility index (Phi) is 7.18. The van der Waals surface area contributed by atoms with E-state index in [-0.39, 0.29) is 24.5 Å². The van der Waals surface area contributed by atoms with Gasteiger partial charge in [-0.1, -0.05) is 19.9 Å². The van der Waals surface area contributed by atoms with Gasteiger partial charge in [0.05, 0.1) is 4.47 Å². The van der Waals surface area contributed by atoms with E-state index in [9.17, 15) is 4.79 Å². The standard InChI is InChI=1S/C16H24BrNO3/c1-12-5-6-14(13(17)9-12)21-10-15(20)18-11-16(2,3)7-4-8-19/h5-6,9,19H,4,7-8,10-11H2,1-3H3,(H,18,20). The summed E-state index contributed by atoms with van der Waals surface area (Å²) in [5, 5.41) is 11.7. The summed E-state index contributed by atoms with van der Waals surface area (Å²) >= 11 is 3.42. The zero-order chi connectivity index (χ0) is 15.9. The Labute approximate surface area is 135 Å². The summed E-state index contributed by atoms with van der Waals surface area (Å²) in [6, 6.07) is 5.74. The molecular formula is C16H24BrNO3. The molecule has 1 aromatic rings. The highest BCUT2D eigenvalue weighted by atomic mass is 79.9. The average molecular weight is 358 g/mol. The average Bonchev–Trinajstić information content (AvgIpc) is 2.42. The van der Waals surface area contributed by atoms with Gasteiger partial charge < -0.3 is 15.2 Å². The highest BCUT2D eigenvalue weighted by Gasteiger charge is 2.18. The van der Waals surface area contributed by atoms with E-state index in [2.05, 4.69) is 35.1 Å². The summed E-state index contributed by atoms with van der Waals surface area (Å²) in [4.78, 5) is 11.8. The second kappa shape index (κ2) is 8.39. The predicted molar refractivity (Wildman–Crippen MR) is 87.5 cm³/mol. The minimum absolute atomic E-state index is 0.00224. The number of hydrogen-bond donors (Lipinski definition) is 2. The summed E-state index contributed by atoms with van der Waals surface area (Å²) in [5.74, 6) is 0.523. The smallest absolute Gasteiger partial charge is 0.257 e. The van der Waals surface area contributed by atoms with Gasteiger partial charge in [0.2, 0.25) is 0 Å². The fraction of sp³-hybridized carbons (Fsp3) is 0.562. The van der Waals surface area contributed by atoms with Crippen molar-refractivity contribution < 1.29 is 14.6 Å². The minimum Gasteiger partial charge on any atom is -0.483 e. The van der Waals surface area contributed by atoms with Crippen molar-refractivity contribution in [2.24, 2.45) is 5.41 Å². The molecule has 0 atom stereocenters. The molecule has 1 rings (SSSR count). The topological polar surface area (TPSA) is 58.6 Å². The van der Waals surface area contributed by atoms with Gasteiger partial charge in [-0.3, -0.25) is 4.79 Å². The van der Waals surface area contributed by atoms with Crippen LogP contribution in [-0.2, 0) is 4.79 Å². The van der Waals surface area contributed by atoms with Crippen molar-refractivity contribution in [3.8, 4) is 5.75 Å². The van der Waals surface area contributed by atoms with E-state index in [1.54, 1.807) is 0 Å². The number of aliphatic hydroxyl groups excluding tert-OH is 1. The molecule has 0 spiro atoms. The van der Waals surface area contributed by atoms with E-state index in [0.29, 0.717) is 12.3 Å². The number of amides is 1. The SMILES string of the molecule is Cc1ccc(OCC(=O)NCC(C)(C)CCCO)c(Br)c1. The largest absolute Gasteiger partial charge is 0.483 e. The van der Waals surface area contributed by atoms with Crippen LogP contribution in [0.25, 0.3) is 0 Å². The van der Waals surface area contributed by atoms with Gasteiger partial charge in [0.15, 0.2) is 6.61 Å². The first-order valence-corrected chi connectivity index (χ1v) is 7.90. The Hall–Kier alpha value is -1.07. The summed E-state index contributed by atoms with van der Waals surface area (Å²) < 4.78 is 6.35. The molecule has 5 heteroatoms. The number of aliphatic hydroxyl groups is 1. The lowest BCUT2D eigenvalue weighted by atomic mass is 9.88. The van der Waals surface area contributed by atoms with Gasteiger partial charge in [0, 0.05) is 13.2 Å². The van der Waals surface area contributed by atoms with Crippen molar-refractivity contribution >= 4 is 21.8 Å². The van der Waals surface area contributed by atoms with Crippen LogP contribution < -0.4 is 10.1 Å². The zero-order valence-electron chi connectivity index (χ0n) is 12.9. The first kappa shape index (κ1) is 18.0. The van der Waals surface area contributed by atoms with Gasteiger partial charge in [-0.15, -0.1) is 0 Å². The van der Waals surface area contributed by atoms with E-state index in [1.165, 1.54) is 0 Å². The molecule has 0 saturated carbocycles. The number of carbonyl (C=O) groups excluding carboxylic acids is 1. The number of nitrogens with one attached hydrogen (secondary N) is 1. The molecule has 118 valence electrons. The number of benzene rings is 1. The maximum absolute atomic E-state index is 11.8. The van der Waals surface area contributed by atoms with E-state index in [0.717, 1.165) is 22.9 Å². The molecule has 0 aromatic heterocycles. The molecule has 1 aromatic carbocycles. The second-order valence-electron chi connectivity index (χ2n) is 5.99. The number of carbonyl (C=O) groups is 1. The molecular weight excluding hydrogens is 334 g/mol. The number of rotatable bonds is 8. The molecule has 1 amide bonds. The van der Waals surface area contributed by atoms with Crippen LogP contribution in [0.1, 0.15) is 32.3 Å². The molecule has 0 bridgehead atoms. The highest BCUT2D eigenvalue weighted by Crippen LogP contribution is 2.25. The number of hydrogen-bond acceptors (Lipinski definition) is 3. The van der Waals surface area contributed by atoms with Gasteiger partial charge in [-0.25, -0.2) is 0 Å². The number of halogens is 1. The first-order valence-electron chi connectivity index (χ1n) is 7.10. The van der Waals surface area contributed by atoms with Crippen LogP contribution in [0.3, 0.4) is 0 Å². The van der Waals surface area contributed by atoms with Crippen LogP contribution in [0.15, 0.2) is 22.7 Å². The van der Waals surface area contributed by atoms with Gasteiger partial charge in [-0.2, -0.15) is 0 Å². The quantitative estimate of drug-likeness (QED) is 0.751. The summed E-state index contributed by atoms with van der Waals surface area (Å²) in [5.41, 5.74) is 1.10. The van der Waals surface area contributed by atoms with Crippen molar-refractivity contribution in [2.45, 2.75) is 33.6 Å². The summed E-state index contributed by atoms with van der Waals surface area (Å²) in [7, 11) is 0. The second-order valence-corrected chi connectivity index (χ2v) is 6.84. The van der Waals surface area contributed by atoms with Gasteiger partial charge in [0.25, 0.3) is 5.91 Å². The molecule has 0 unspecified atom stereocenters. The normalized spacial score (nSPS) is 11.3. The van der Waals surface area contributed by atoms with Crippen LogP contribution in [0.4, 0.5) is 0 Å². The maximum atomic E-state index is 11.8. The van der Waals surface area contributed by atoms with Crippen LogP contribution in [0, 0.1) is 12.3 Å². The first-order chi connectivity index (χ1) is 9.84. The molecule has 0 fully saturated rings. The van der Waals surface area contributed by atoms with Gasteiger partial charge in [-0.05, 0) is 58.8 Å². The Balaban J connectivity index is 2.37. The lowest BCUT2D eigenvalue weighted by Gasteiger charge is -2.24. The third-order valence-electron chi connectivity index (χ3n) is 3.22. The van der Waals surface area contributed by atoms with Crippen molar-refractivity contribution in [3.05, 3.63) is 28.2 Å². The van der Waals surface area contributed by atoms with Crippen molar-refractivity contribution in [3.63, 3.8) is 0 Å². The molecule has 21 heavy (non-hydrogen) atoms. The molecule has 2 N–H and O–H groups in total. The van der Waals surface area contributed by atoms with Crippen molar-refractivity contribution in [2.75, 3.05) is 19.8 Å². The molecule has 0 aliphatic carbocycles.